The molecule has 0 radical (unpaired) electrons. The van der Waals surface area contributed by atoms with Gasteiger partial charge in [-0.3, -0.25) is 4.98 Å². The number of nitrogens with zero attached hydrogens (tertiary/aromatic N) is 3. The van der Waals surface area contributed by atoms with E-state index in [4.69, 9.17) is 10.3 Å². The van der Waals surface area contributed by atoms with Gasteiger partial charge in [0, 0.05) is 24.0 Å². The van der Waals surface area contributed by atoms with E-state index in [0.717, 1.165) is 12.0 Å². The number of hydrogen-bond donors (Lipinski definition) is 1. The Bertz CT molecular complexity index is 468. The molecule has 2 heterocycles. The van der Waals surface area contributed by atoms with Crippen LogP contribution in [0.4, 0.5) is 0 Å². The SMILES string of the molecule is CCC(N)C(C)c1nc(-c2ccncc2)no1. The molecule has 2 unspecified atom stereocenters. The first kappa shape index (κ1) is 11.7. The summed E-state index contributed by atoms with van der Waals surface area (Å²) in [4.78, 5) is 8.31. The molecule has 90 valence electrons. The van der Waals surface area contributed by atoms with Crippen LogP contribution in [0.3, 0.4) is 0 Å². The highest BCUT2D eigenvalue weighted by Crippen LogP contribution is 2.21. The third-order valence-electron chi connectivity index (χ3n) is 2.88. The number of pyridine rings is 1. The fraction of sp³-hybridized carbons (Fsp3) is 0.417. The Labute approximate surface area is 100 Å². The number of rotatable bonds is 4. The third kappa shape index (κ3) is 2.50. The summed E-state index contributed by atoms with van der Waals surface area (Å²) in [6.45, 7) is 4.04. The van der Waals surface area contributed by atoms with Gasteiger partial charge in [-0.25, -0.2) is 0 Å². The van der Waals surface area contributed by atoms with Gasteiger partial charge in [-0.15, -0.1) is 0 Å². The van der Waals surface area contributed by atoms with Crippen molar-refractivity contribution in [2.24, 2.45) is 5.73 Å². The van der Waals surface area contributed by atoms with Crippen molar-refractivity contribution in [3.05, 3.63) is 30.4 Å². The largest absolute Gasteiger partial charge is 0.339 e. The van der Waals surface area contributed by atoms with E-state index in [1.54, 1.807) is 12.4 Å². The van der Waals surface area contributed by atoms with Crippen LogP contribution in [0.15, 0.2) is 29.0 Å². The van der Waals surface area contributed by atoms with Crippen LogP contribution in [0.5, 0.6) is 0 Å². The molecule has 0 aliphatic carbocycles. The van der Waals surface area contributed by atoms with Gasteiger partial charge in [-0.1, -0.05) is 19.0 Å². The van der Waals surface area contributed by atoms with Gasteiger partial charge in [0.15, 0.2) is 0 Å². The van der Waals surface area contributed by atoms with E-state index in [9.17, 15) is 0 Å². The second-order valence-corrected chi connectivity index (χ2v) is 4.05. The first-order valence-corrected chi connectivity index (χ1v) is 5.72. The molecule has 0 fully saturated rings. The van der Waals surface area contributed by atoms with Crippen LogP contribution in [0, 0.1) is 0 Å². The van der Waals surface area contributed by atoms with Crippen molar-refractivity contribution >= 4 is 0 Å². The van der Waals surface area contributed by atoms with Crippen LogP contribution in [0.2, 0.25) is 0 Å². The Balaban J connectivity index is 2.22. The van der Waals surface area contributed by atoms with Gasteiger partial charge in [-0.2, -0.15) is 4.98 Å². The predicted octanol–water partition coefficient (Wildman–Crippen LogP) is 1.97. The fourth-order valence-corrected chi connectivity index (χ4v) is 1.58. The van der Waals surface area contributed by atoms with Crippen molar-refractivity contribution in [1.82, 2.24) is 15.1 Å². The van der Waals surface area contributed by atoms with Crippen LogP contribution in [-0.4, -0.2) is 21.2 Å². The van der Waals surface area contributed by atoms with Gasteiger partial charge in [0.2, 0.25) is 11.7 Å². The second-order valence-electron chi connectivity index (χ2n) is 4.05. The van der Waals surface area contributed by atoms with E-state index in [0.29, 0.717) is 11.7 Å². The summed E-state index contributed by atoms with van der Waals surface area (Å²) in [6, 6.07) is 3.73. The molecule has 0 aliphatic heterocycles. The smallest absolute Gasteiger partial charge is 0.231 e. The average Bonchev–Trinajstić information content (AvgIpc) is 2.87. The number of hydrogen-bond acceptors (Lipinski definition) is 5. The molecule has 5 nitrogen and oxygen atoms in total. The van der Waals surface area contributed by atoms with Crippen molar-refractivity contribution in [2.45, 2.75) is 32.2 Å². The van der Waals surface area contributed by atoms with Gasteiger partial charge in [0.1, 0.15) is 0 Å². The van der Waals surface area contributed by atoms with Crippen molar-refractivity contribution in [2.75, 3.05) is 0 Å². The maximum atomic E-state index is 5.96. The van der Waals surface area contributed by atoms with E-state index < -0.39 is 0 Å². The molecule has 0 spiro atoms. The molecule has 0 aliphatic rings. The van der Waals surface area contributed by atoms with Crippen molar-refractivity contribution in [3.8, 4) is 11.4 Å². The molecule has 0 amide bonds. The lowest BCUT2D eigenvalue weighted by Gasteiger charge is -2.13. The van der Waals surface area contributed by atoms with Crippen molar-refractivity contribution in [1.29, 1.82) is 0 Å². The summed E-state index contributed by atoms with van der Waals surface area (Å²) in [5, 5.41) is 3.95. The monoisotopic (exact) mass is 232 g/mol. The minimum atomic E-state index is 0.0424. The molecule has 2 aromatic heterocycles. The summed E-state index contributed by atoms with van der Waals surface area (Å²) in [5.41, 5.74) is 6.85. The lowest BCUT2D eigenvalue weighted by Crippen LogP contribution is -2.25. The number of aromatic nitrogens is 3. The van der Waals surface area contributed by atoms with Gasteiger partial charge >= 0.3 is 0 Å². The molecule has 2 rings (SSSR count). The molecule has 0 saturated heterocycles. The molecule has 2 atom stereocenters. The molecular weight excluding hydrogens is 216 g/mol. The molecule has 5 heteroatoms. The van der Waals surface area contributed by atoms with Crippen LogP contribution in [0.1, 0.15) is 32.1 Å². The second kappa shape index (κ2) is 5.05. The van der Waals surface area contributed by atoms with Gasteiger partial charge < -0.3 is 10.3 Å². The zero-order valence-corrected chi connectivity index (χ0v) is 10.00. The van der Waals surface area contributed by atoms with E-state index in [1.165, 1.54) is 0 Å². The molecule has 2 N–H and O–H groups in total. The topological polar surface area (TPSA) is 77.8 Å². The zero-order chi connectivity index (χ0) is 12.3. The third-order valence-corrected chi connectivity index (χ3v) is 2.88. The van der Waals surface area contributed by atoms with Crippen LogP contribution in [-0.2, 0) is 0 Å². The van der Waals surface area contributed by atoms with E-state index in [1.807, 2.05) is 26.0 Å². The number of nitrogens with two attached hydrogens (primary N) is 1. The van der Waals surface area contributed by atoms with E-state index in [2.05, 4.69) is 15.1 Å². The van der Waals surface area contributed by atoms with Crippen molar-refractivity contribution < 1.29 is 4.52 Å². The fourth-order valence-electron chi connectivity index (χ4n) is 1.58. The highest BCUT2D eigenvalue weighted by molar-refractivity contribution is 5.52. The molecule has 0 aromatic carbocycles. The maximum Gasteiger partial charge on any atom is 0.231 e. The van der Waals surface area contributed by atoms with Gasteiger partial charge in [0.05, 0.1) is 5.92 Å². The summed E-state index contributed by atoms with van der Waals surface area (Å²) in [6.07, 6.45) is 4.29. The predicted molar refractivity (Wildman–Crippen MR) is 64.2 cm³/mol. The Morgan fingerprint density at radius 3 is 2.71 bits per heavy atom. The Morgan fingerprint density at radius 2 is 2.06 bits per heavy atom. The quantitative estimate of drug-likeness (QED) is 0.872. The van der Waals surface area contributed by atoms with E-state index in [-0.39, 0.29) is 12.0 Å². The maximum absolute atomic E-state index is 5.96. The molecule has 0 saturated carbocycles. The summed E-state index contributed by atoms with van der Waals surface area (Å²) < 4.78 is 5.24. The lowest BCUT2D eigenvalue weighted by molar-refractivity contribution is 0.340. The minimum absolute atomic E-state index is 0.0424. The minimum Gasteiger partial charge on any atom is -0.339 e. The lowest BCUT2D eigenvalue weighted by atomic mass is 10.0. The Kier molecular flexibility index (Phi) is 3.49. The molecule has 17 heavy (non-hydrogen) atoms. The van der Waals surface area contributed by atoms with Crippen LogP contribution in [0.25, 0.3) is 11.4 Å². The Morgan fingerprint density at radius 1 is 1.35 bits per heavy atom. The van der Waals surface area contributed by atoms with E-state index >= 15 is 0 Å². The van der Waals surface area contributed by atoms with Crippen LogP contribution >= 0.6 is 0 Å². The highest BCUT2D eigenvalue weighted by atomic mass is 16.5. The molecule has 0 bridgehead atoms. The standard InChI is InChI=1S/C12H16N4O/c1-3-10(13)8(2)12-15-11(16-17-12)9-4-6-14-7-5-9/h4-8,10H,3,13H2,1-2H3. The first-order valence-electron chi connectivity index (χ1n) is 5.72. The molecular formula is C12H16N4O. The summed E-state index contributed by atoms with van der Waals surface area (Å²) >= 11 is 0. The summed E-state index contributed by atoms with van der Waals surface area (Å²) in [5.74, 6) is 1.24. The normalized spacial score (nSPS) is 14.5. The average molecular weight is 232 g/mol. The zero-order valence-electron chi connectivity index (χ0n) is 10.00. The highest BCUT2D eigenvalue weighted by Gasteiger charge is 2.20. The summed E-state index contributed by atoms with van der Waals surface area (Å²) in [7, 11) is 0. The van der Waals surface area contributed by atoms with Crippen LogP contribution < -0.4 is 5.73 Å². The van der Waals surface area contributed by atoms with Gasteiger partial charge in [0.25, 0.3) is 0 Å². The Hall–Kier alpha value is -1.75. The molecule has 2 aromatic rings. The van der Waals surface area contributed by atoms with Gasteiger partial charge in [-0.05, 0) is 18.6 Å². The first-order chi connectivity index (χ1) is 8.22. The van der Waals surface area contributed by atoms with Crippen molar-refractivity contribution in [3.63, 3.8) is 0 Å².